The first-order valence-corrected chi connectivity index (χ1v) is 7.72. The van der Waals surface area contributed by atoms with Crippen molar-refractivity contribution in [2.75, 3.05) is 0 Å². The number of hydrogen-bond donors (Lipinski definition) is 2. The molecular formula is C18H14FN5O. The average Bonchev–Trinajstić information content (AvgIpc) is 3.27. The second-order valence-corrected chi connectivity index (χ2v) is 5.53. The first kappa shape index (κ1) is 15.1. The zero-order valence-corrected chi connectivity index (χ0v) is 13.1. The van der Waals surface area contributed by atoms with Crippen molar-refractivity contribution >= 4 is 16.9 Å². The number of para-hydroxylation sites is 2. The predicted octanol–water partition coefficient (Wildman–Crippen LogP) is 2.82. The number of fused-ring (bicyclic) bond motifs is 1. The summed E-state index contributed by atoms with van der Waals surface area (Å²) in [6.07, 6.45) is 3.03. The summed E-state index contributed by atoms with van der Waals surface area (Å²) >= 11 is 0. The second-order valence-electron chi connectivity index (χ2n) is 5.53. The predicted molar refractivity (Wildman–Crippen MR) is 90.8 cm³/mol. The number of nitrogens with zero attached hydrogens (tertiary/aromatic N) is 3. The number of aromatic amines is 1. The van der Waals surface area contributed by atoms with Crippen molar-refractivity contribution in [3.63, 3.8) is 0 Å². The van der Waals surface area contributed by atoms with Crippen molar-refractivity contribution in [1.82, 2.24) is 25.1 Å². The van der Waals surface area contributed by atoms with Gasteiger partial charge in [0.2, 0.25) is 5.95 Å². The van der Waals surface area contributed by atoms with Crippen LogP contribution in [0.4, 0.5) is 4.39 Å². The Morgan fingerprint density at radius 1 is 1.16 bits per heavy atom. The largest absolute Gasteiger partial charge is 0.348 e. The Bertz CT molecular complexity index is 1020. The van der Waals surface area contributed by atoms with Crippen LogP contribution in [0.3, 0.4) is 0 Å². The third kappa shape index (κ3) is 2.99. The van der Waals surface area contributed by atoms with Gasteiger partial charge in [-0.2, -0.15) is 5.10 Å². The Labute approximate surface area is 142 Å². The molecule has 7 heteroatoms. The molecule has 2 heterocycles. The monoisotopic (exact) mass is 335 g/mol. The molecule has 4 rings (SSSR count). The Balaban J connectivity index is 1.50. The van der Waals surface area contributed by atoms with Crippen LogP contribution >= 0.6 is 0 Å². The number of aromatic nitrogens is 4. The number of nitrogens with one attached hydrogen (secondary N) is 2. The molecule has 0 aliphatic carbocycles. The molecule has 0 saturated heterocycles. The number of carbonyl (C=O) groups excluding carboxylic acids is 1. The zero-order valence-electron chi connectivity index (χ0n) is 13.1. The van der Waals surface area contributed by atoms with E-state index in [2.05, 4.69) is 20.4 Å². The fraction of sp³-hybridized carbons (Fsp3) is 0.0556. The fourth-order valence-electron chi connectivity index (χ4n) is 2.52. The van der Waals surface area contributed by atoms with Gasteiger partial charge in [0.15, 0.2) is 0 Å². The van der Waals surface area contributed by atoms with Crippen LogP contribution < -0.4 is 5.32 Å². The van der Waals surface area contributed by atoms with E-state index >= 15 is 0 Å². The third-order valence-electron chi connectivity index (χ3n) is 3.84. The summed E-state index contributed by atoms with van der Waals surface area (Å²) in [5.74, 6) is -0.152. The molecule has 0 radical (unpaired) electrons. The first-order chi connectivity index (χ1) is 12.2. The molecule has 0 fully saturated rings. The van der Waals surface area contributed by atoms with Gasteiger partial charge in [-0.1, -0.05) is 30.3 Å². The van der Waals surface area contributed by atoms with Crippen LogP contribution in [0.5, 0.6) is 0 Å². The van der Waals surface area contributed by atoms with E-state index in [1.165, 1.54) is 16.9 Å². The van der Waals surface area contributed by atoms with E-state index < -0.39 is 0 Å². The first-order valence-electron chi connectivity index (χ1n) is 7.72. The van der Waals surface area contributed by atoms with Gasteiger partial charge < -0.3 is 10.3 Å². The molecule has 0 aliphatic heterocycles. The van der Waals surface area contributed by atoms with Crippen LogP contribution in [0, 0.1) is 5.82 Å². The van der Waals surface area contributed by atoms with Gasteiger partial charge in [0, 0.05) is 18.3 Å². The Kier molecular flexibility index (Phi) is 3.74. The van der Waals surface area contributed by atoms with Crippen molar-refractivity contribution in [1.29, 1.82) is 0 Å². The number of imidazole rings is 1. The Morgan fingerprint density at radius 2 is 1.96 bits per heavy atom. The van der Waals surface area contributed by atoms with Gasteiger partial charge in [0.25, 0.3) is 5.91 Å². The molecule has 0 aliphatic rings. The van der Waals surface area contributed by atoms with Crippen molar-refractivity contribution in [3.05, 3.63) is 77.9 Å². The van der Waals surface area contributed by atoms with Crippen LogP contribution in [0.15, 0.2) is 60.9 Å². The number of rotatable bonds is 4. The maximum absolute atomic E-state index is 13.6. The van der Waals surface area contributed by atoms with Crippen molar-refractivity contribution < 1.29 is 9.18 Å². The number of amides is 1. The number of halogens is 1. The lowest BCUT2D eigenvalue weighted by atomic mass is 10.2. The van der Waals surface area contributed by atoms with Crippen LogP contribution in [0.1, 0.15) is 15.9 Å². The number of hydrogen-bond acceptors (Lipinski definition) is 3. The van der Waals surface area contributed by atoms with E-state index in [1.807, 2.05) is 24.3 Å². The molecule has 2 aromatic heterocycles. The third-order valence-corrected chi connectivity index (χ3v) is 3.84. The molecule has 1 amide bonds. The Morgan fingerprint density at radius 3 is 2.80 bits per heavy atom. The molecule has 25 heavy (non-hydrogen) atoms. The van der Waals surface area contributed by atoms with E-state index in [4.69, 9.17) is 0 Å². The van der Waals surface area contributed by atoms with E-state index in [0.717, 1.165) is 11.0 Å². The van der Waals surface area contributed by atoms with E-state index in [1.54, 1.807) is 24.4 Å². The second kappa shape index (κ2) is 6.20. The average molecular weight is 335 g/mol. The normalized spacial score (nSPS) is 10.9. The molecule has 6 nitrogen and oxygen atoms in total. The maximum atomic E-state index is 13.6. The summed E-state index contributed by atoms with van der Waals surface area (Å²) in [6.45, 7) is 0.112. The summed E-state index contributed by atoms with van der Waals surface area (Å²) in [7, 11) is 0. The lowest BCUT2D eigenvalue weighted by molar-refractivity contribution is 0.0950. The minimum Gasteiger partial charge on any atom is -0.348 e. The van der Waals surface area contributed by atoms with Gasteiger partial charge in [-0.3, -0.25) is 4.79 Å². The quantitative estimate of drug-likeness (QED) is 0.602. The molecule has 4 aromatic rings. The summed E-state index contributed by atoms with van der Waals surface area (Å²) in [4.78, 5) is 19.8. The maximum Gasteiger partial charge on any atom is 0.254 e. The van der Waals surface area contributed by atoms with Crippen LogP contribution in [-0.4, -0.2) is 25.7 Å². The minimum atomic E-state index is -0.347. The lowest BCUT2D eigenvalue weighted by Gasteiger charge is -2.04. The number of benzene rings is 2. The molecule has 0 spiro atoms. The standard InChI is InChI=1S/C18H14FN5O/c19-14-6-2-1-5-12(14)9-20-17(25)13-10-21-24(11-13)18-22-15-7-3-4-8-16(15)23-18/h1-8,10-11H,9H2,(H,20,25)(H,22,23). The van der Waals surface area contributed by atoms with Gasteiger partial charge in [0.05, 0.1) is 22.8 Å². The van der Waals surface area contributed by atoms with Crippen LogP contribution in [-0.2, 0) is 6.54 Å². The molecule has 0 atom stereocenters. The SMILES string of the molecule is O=C(NCc1ccccc1F)c1cnn(-c2nc3ccccc3[nH]2)c1. The number of H-pyrrole nitrogens is 1. The summed E-state index contributed by atoms with van der Waals surface area (Å²) in [5.41, 5.74) is 2.51. The zero-order chi connectivity index (χ0) is 17.2. The molecule has 2 N–H and O–H groups in total. The smallest absolute Gasteiger partial charge is 0.254 e. The minimum absolute atomic E-state index is 0.112. The molecule has 124 valence electrons. The van der Waals surface area contributed by atoms with Gasteiger partial charge >= 0.3 is 0 Å². The molecule has 2 aromatic carbocycles. The van der Waals surface area contributed by atoms with Crippen LogP contribution in [0.2, 0.25) is 0 Å². The lowest BCUT2D eigenvalue weighted by Crippen LogP contribution is -2.22. The summed E-state index contributed by atoms with van der Waals surface area (Å²) in [6, 6.07) is 13.9. The molecular weight excluding hydrogens is 321 g/mol. The highest BCUT2D eigenvalue weighted by Gasteiger charge is 2.12. The van der Waals surface area contributed by atoms with Gasteiger partial charge in [-0.15, -0.1) is 0 Å². The van der Waals surface area contributed by atoms with Crippen LogP contribution in [0.25, 0.3) is 17.0 Å². The van der Waals surface area contributed by atoms with Crippen molar-refractivity contribution in [2.24, 2.45) is 0 Å². The molecule has 0 saturated carbocycles. The van der Waals surface area contributed by atoms with Crippen molar-refractivity contribution in [2.45, 2.75) is 6.54 Å². The Hall–Kier alpha value is -3.48. The van der Waals surface area contributed by atoms with Gasteiger partial charge in [-0.25, -0.2) is 14.1 Å². The van der Waals surface area contributed by atoms with Crippen molar-refractivity contribution in [3.8, 4) is 5.95 Å². The van der Waals surface area contributed by atoms with Gasteiger partial charge in [-0.05, 0) is 18.2 Å². The summed E-state index contributed by atoms with van der Waals surface area (Å²) in [5, 5.41) is 6.85. The highest BCUT2D eigenvalue weighted by atomic mass is 19.1. The van der Waals surface area contributed by atoms with Gasteiger partial charge in [0.1, 0.15) is 5.82 Å². The van der Waals surface area contributed by atoms with E-state index in [0.29, 0.717) is 17.1 Å². The number of carbonyl (C=O) groups is 1. The fourth-order valence-corrected chi connectivity index (χ4v) is 2.52. The van der Waals surface area contributed by atoms with E-state index in [9.17, 15) is 9.18 Å². The summed E-state index contributed by atoms with van der Waals surface area (Å²) < 4.78 is 15.1. The highest BCUT2D eigenvalue weighted by molar-refractivity contribution is 5.93. The topological polar surface area (TPSA) is 75.6 Å². The van der Waals surface area contributed by atoms with E-state index in [-0.39, 0.29) is 18.3 Å². The molecule has 0 unspecified atom stereocenters. The molecule has 0 bridgehead atoms. The highest BCUT2D eigenvalue weighted by Crippen LogP contribution is 2.13.